The number of amides is 2. The van der Waals surface area contributed by atoms with Crippen LogP contribution in [0.4, 0.5) is 4.79 Å². The second-order valence-electron chi connectivity index (χ2n) is 5.25. The van der Waals surface area contributed by atoms with Gasteiger partial charge in [0, 0.05) is 32.7 Å². The minimum Gasteiger partial charge on any atom is -0.454 e. The third-order valence-electron chi connectivity index (χ3n) is 3.71. The van der Waals surface area contributed by atoms with Crippen molar-refractivity contribution >= 4 is 6.03 Å². The van der Waals surface area contributed by atoms with Crippen molar-refractivity contribution in [1.82, 2.24) is 15.5 Å². The Labute approximate surface area is 129 Å². The van der Waals surface area contributed by atoms with E-state index in [1.807, 2.05) is 18.2 Å². The third-order valence-corrected chi connectivity index (χ3v) is 3.71. The number of morpholine rings is 1. The second kappa shape index (κ2) is 7.33. The summed E-state index contributed by atoms with van der Waals surface area (Å²) in [6.07, 6.45) is 0. The molecule has 2 N–H and O–H groups in total. The molecular formula is C15H21N3O4. The SMILES string of the molecule is O=C(NCCN1CCOCC1)NCc1ccc2c(c1)OCO2. The first-order valence-electron chi connectivity index (χ1n) is 7.51. The summed E-state index contributed by atoms with van der Waals surface area (Å²) in [6, 6.07) is 5.50. The quantitative estimate of drug-likeness (QED) is 0.831. The van der Waals surface area contributed by atoms with Crippen LogP contribution in [0.1, 0.15) is 5.56 Å². The molecule has 0 aromatic heterocycles. The van der Waals surface area contributed by atoms with Gasteiger partial charge in [0.05, 0.1) is 13.2 Å². The molecule has 120 valence electrons. The highest BCUT2D eigenvalue weighted by molar-refractivity contribution is 5.73. The summed E-state index contributed by atoms with van der Waals surface area (Å²) in [7, 11) is 0. The highest BCUT2D eigenvalue weighted by Gasteiger charge is 2.13. The van der Waals surface area contributed by atoms with Crippen LogP contribution in [-0.2, 0) is 11.3 Å². The topological polar surface area (TPSA) is 72.1 Å². The summed E-state index contributed by atoms with van der Waals surface area (Å²) < 4.78 is 15.9. The zero-order chi connectivity index (χ0) is 15.2. The molecule has 2 aliphatic heterocycles. The number of urea groups is 1. The molecular weight excluding hydrogens is 286 g/mol. The average Bonchev–Trinajstić information content (AvgIpc) is 3.01. The molecule has 0 aliphatic carbocycles. The van der Waals surface area contributed by atoms with Gasteiger partial charge >= 0.3 is 6.03 Å². The number of nitrogens with one attached hydrogen (secondary N) is 2. The Bertz CT molecular complexity index is 518. The first-order valence-corrected chi connectivity index (χ1v) is 7.51. The van der Waals surface area contributed by atoms with E-state index in [2.05, 4.69) is 15.5 Å². The monoisotopic (exact) mass is 307 g/mol. The Hall–Kier alpha value is -1.99. The molecule has 22 heavy (non-hydrogen) atoms. The molecule has 1 aromatic carbocycles. The lowest BCUT2D eigenvalue weighted by Crippen LogP contribution is -2.43. The fourth-order valence-electron chi connectivity index (χ4n) is 2.45. The normalized spacial score (nSPS) is 17.3. The fraction of sp³-hybridized carbons (Fsp3) is 0.533. The van der Waals surface area contributed by atoms with Gasteiger partial charge in [-0.15, -0.1) is 0 Å². The largest absolute Gasteiger partial charge is 0.454 e. The first kappa shape index (κ1) is 14.9. The van der Waals surface area contributed by atoms with Crippen molar-refractivity contribution < 1.29 is 19.0 Å². The lowest BCUT2D eigenvalue weighted by atomic mass is 10.2. The summed E-state index contributed by atoms with van der Waals surface area (Å²) >= 11 is 0. The van der Waals surface area contributed by atoms with Gasteiger partial charge in [-0.05, 0) is 17.7 Å². The maximum atomic E-state index is 11.8. The van der Waals surface area contributed by atoms with Gasteiger partial charge in [0.1, 0.15) is 0 Å². The van der Waals surface area contributed by atoms with Crippen LogP contribution in [0.3, 0.4) is 0 Å². The van der Waals surface area contributed by atoms with Gasteiger partial charge in [-0.1, -0.05) is 6.07 Å². The Kier molecular flexibility index (Phi) is 4.97. The molecule has 0 spiro atoms. The van der Waals surface area contributed by atoms with E-state index in [1.165, 1.54) is 0 Å². The van der Waals surface area contributed by atoms with E-state index >= 15 is 0 Å². The highest BCUT2D eigenvalue weighted by atomic mass is 16.7. The van der Waals surface area contributed by atoms with Gasteiger partial charge in [0.2, 0.25) is 6.79 Å². The number of rotatable bonds is 5. The predicted octanol–water partition coefficient (Wildman–Crippen LogP) is 0.547. The fourth-order valence-corrected chi connectivity index (χ4v) is 2.45. The summed E-state index contributed by atoms with van der Waals surface area (Å²) in [5.74, 6) is 1.48. The van der Waals surface area contributed by atoms with Crippen LogP contribution in [0.2, 0.25) is 0 Å². The molecule has 1 saturated heterocycles. The van der Waals surface area contributed by atoms with E-state index in [4.69, 9.17) is 14.2 Å². The number of benzene rings is 1. The van der Waals surface area contributed by atoms with Crippen LogP contribution in [0.25, 0.3) is 0 Å². The molecule has 1 aromatic rings. The van der Waals surface area contributed by atoms with E-state index in [1.54, 1.807) is 0 Å². The maximum Gasteiger partial charge on any atom is 0.315 e. The highest BCUT2D eigenvalue weighted by Crippen LogP contribution is 2.32. The maximum absolute atomic E-state index is 11.8. The number of ether oxygens (including phenoxy) is 3. The van der Waals surface area contributed by atoms with E-state index in [9.17, 15) is 4.79 Å². The Morgan fingerprint density at radius 3 is 2.82 bits per heavy atom. The Morgan fingerprint density at radius 2 is 1.95 bits per heavy atom. The Morgan fingerprint density at radius 1 is 1.14 bits per heavy atom. The van der Waals surface area contributed by atoms with Gasteiger partial charge in [0.15, 0.2) is 11.5 Å². The van der Waals surface area contributed by atoms with Gasteiger partial charge in [-0.3, -0.25) is 4.90 Å². The van der Waals surface area contributed by atoms with Gasteiger partial charge in [-0.2, -0.15) is 0 Å². The van der Waals surface area contributed by atoms with Gasteiger partial charge < -0.3 is 24.8 Å². The van der Waals surface area contributed by atoms with E-state index in [-0.39, 0.29) is 12.8 Å². The molecule has 7 nitrogen and oxygen atoms in total. The van der Waals surface area contributed by atoms with Crippen LogP contribution in [-0.4, -0.2) is 57.1 Å². The molecule has 0 radical (unpaired) electrons. The van der Waals surface area contributed by atoms with Gasteiger partial charge in [0.25, 0.3) is 0 Å². The molecule has 0 unspecified atom stereocenters. The minimum absolute atomic E-state index is 0.161. The lowest BCUT2D eigenvalue weighted by Gasteiger charge is -2.26. The molecule has 0 bridgehead atoms. The molecule has 1 fully saturated rings. The molecule has 0 saturated carbocycles. The van der Waals surface area contributed by atoms with Crippen molar-refractivity contribution in [3.63, 3.8) is 0 Å². The zero-order valence-electron chi connectivity index (χ0n) is 12.5. The van der Waals surface area contributed by atoms with Crippen LogP contribution in [0.5, 0.6) is 11.5 Å². The molecule has 3 rings (SSSR count). The molecule has 2 heterocycles. The number of nitrogens with zero attached hydrogens (tertiary/aromatic N) is 1. The smallest absolute Gasteiger partial charge is 0.315 e. The molecule has 0 atom stereocenters. The van der Waals surface area contributed by atoms with Gasteiger partial charge in [-0.25, -0.2) is 4.79 Å². The van der Waals surface area contributed by atoms with Crippen molar-refractivity contribution in [3.05, 3.63) is 23.8 Å². The van der Waals surface area contributed by atoms with Crippen LogP contribution < -0.4 is 20.1 Å². The van der Waals surface area contributed by atoms with Crippen LogP contribution >= 0.6 is 0 Å². The van der Waals surface area contributed by atoms with Crippen molar-refractivity contribution in [2.75, 3.05) is 46.2 Å². The molecule has 2 aliphatic rings. The van der Waals surface area contributed by atoms with Crippen molar-refractivity contribution in [2.24, 2.45) is 0 Å². The number of hydrogen-bond acceptors (Lipinski definition) is 5. The average molecular weight is 307 g/mol. The summed E-state index contributed by atoms with van der Waals surface area (Å²) in [5.41, 5.74) is 0.979. The van der Waals surface area contributed by atoms with E-state index < -0.39 is 0 Å². The number of hydrogen-bond donors (Lipinski definition) is 2. The van der Waals surface area contributed by atoms with E-state index in [0.29, 0.717) is 13.1 Å². The predicted molar refractivity (Wildman–Crippen MR) is 80.1 cm³/mol. The standard InChI is InChI=1S/C15H21N3O4/c19-15(16-3-4-18-5-7-20-8-6-18)17-10-12-1-2-13-14(9-12)22-11-21-13/h1-2,9H,3-8,10-11H2,(H2,16,17,19). The number of carbonyl (C=O) groups is 1. The Balaban J connectivity index is 1.35. The third kappa shape index (κ3) is 4.02. The zero-order valence-corrected chi connectivity index (χ0v) is 12.5. The summed E-state index contributed by atoms with van der Waals surface area (Å²) in [6.45, 7) is 5.61. The van der Waals surface area contributed by atoms with E-state index in [0.717, 1.165) is 49.9 Å². The van der Waals surface area contributed by atoms with Crippen LogP contribution in [0, 0.1) is 0 Å². The number of carbonyl (C=O) groups excluding carboxylic acids is 1. The van der Waals surface area contributed by atoms with Crippen molar-refractivity contribution in [2.45, 2.75) is 6.54 Å². The first-order chi connectivity index (χ1) is 10.8. The summed E-state index contributed by atoms with van der Waals surface area (Å²) in [5, 5.41) is 5.70. The molecule has 2 amide bonds. The van der Waals surface area contributed by atoms with Crippen molar-refractivity contribution in [1.29, 1.82) is 0 Å². The number of fused-ring (bicyclic) bond motifs is 1. The van der Waals surface area contributed by atoms with Crippen LogP contribution in [0.15, 0.2) is 18.2 Å². The minimum atomic E-state index is -0.161. The van der Waals surface area contributed by atoms with Crippen molar-refractivity contribution in [3.8, 4) is 11.5 Å². The summed E-state index contributed by atoms with van der Waals surface area (Å²) in [4.78, 5) is 14.0. The second-order valence-corrected chi connectivity index (χ2v) is 5.25. The molecule has 7 heteroatoms. The lowest BCUT2D eigenvalue weighted by molar-refractivity contribution is 0.0387.